The number of thiophene rings is 1. The highest BCUT2D eigenvalue weighted by Crippen LogP contribution is 2.14. The average molecular weight is 304 g/mol. The molecular formula is C16H20N2O2S. The molecule has 1 atom stereocenters. The molecule has 1 amide bonds. The molecular weight excluding hydrogens is 284 g/mol. The van der Waals surface area contributed by atoms with Gasteiger partial charge in [-0.2, -0.15) is 0 Å². The Labute approximate surface area is 128 Å². The molecule has 0 saturated carbocycles. The second-order valence-electron chi connectivity index (χ2n) is 4.92. The molecule has 0 fully saturated rings. The Morgan fingerprint density at radius 2 is 2.24 bits per heavy atom. The number of anilines is 1. The minimum Gasteiger partial charge on any atom is -0.493 e. The molecule has 3 N–H and O–H groups in total. The van der Waals surface area contributed by atoms with Crippen molar-refractivity contribution < 1.29 is 9.53 Å². The van der Waals surface area contributed by atoms with E-state index in [1.807, 2.05) is 30.5 Å². The van der Waals surface area contributed by atoms with Gasteiger partial charge in [0.25, 0.3) is 0 Å². The van der Waals surface area contributed by atoms with Crippen LogP contribution in [0.1, 0.15) is 18.2 Å². The third kappa shape index (κ3) is 5.47. The van der Waals surface area contributed by atoms with Crippen molar-refractivity contribution in [3.63, 3.8) is 0 Å². The van der Waals surface area contributed by atoms with Gasteiger partial charge in [-0.3, -0.25) is 4.79 Å². The van der Waals surface area contributed by atoms with Gasteiger partial charge >= 0.3 is 0 Å². The monoisotopic (exact) mass is 304 g/mol. The first kappa shape index (κ1) is 15.4. The van der Waals surface area contributed by atoms with Crippen LogP contribution in [0.15, 0.2) is 41.8 Å². The molecule has 0 aliphatic rings. The SMILES string of the molecule is CC(Cc1cccs1)NC(=O)CCOc1cccc(N)c1. The Bertz CT molecular complexity index is 569. The summed E-state index contributed by atoms with van der Waals surface area (Å²) in [6, 6.07) is 11.4. The highest BCUT2D eigenvalue weighted by molar-refractivity contribution is 7.09. The van der Waals surface area contributed by atoms with E-state index in [0.29, 0.717) is 24.5 Å². The van der Waals surface area contributed by atoms with Crippen LogP contribution >= 0.6 is 11.3 Å². The minimum atomic E-state index is 0.00274. The fourth-order valence-corrected chi connectivity index (χ4v) is 2.83. The maximum absolute atomic E-state index is 11.8. The third-order valence-electron chi connectivity index (χ3n) is 2.95. The molecule has 1 aromatic carbocycles. The van der Waals surface area contributed by atoms with E-state index in [0.717, 1.165) is 6.42 Å². The zero-order chi connectivity index (χ0) is 15.1. The summed E-state index contributed by atoms with van der Waals surface area (Å²) in [6.07, 6.45) is 1.20. The quantitative estimate of drug-likeness (QED) is 0.773. The largest absolute Gasteiger partial charge is 0.493 e. The first-order valence-electron chi connectivity index (χ1n) is 6.93. The zero-order valence-corrected chi connectivity index (χ0v) is 12.9. The number of hydrogen-bond acceptors (Lipinski definition) is 4. The Balaban J connectivity index is 1.67. The number of hydrogen-bond donors (Lipinski definition) is 2. The Kier molecular flexibility index (Phi) is 5.63. The van der Waals surface area contributed by atoms with Crippen molar-refractivity contribution in [2.45, 2.75) is 25.8 Å². The van der Waals surface area contributed by atoms with Gasteiger partial charge in [-0.1, -0.05) is 12.1 Å². The van der Waals surface area contributed by atoms with Crippen LogP contribution in [0.25, 0.3) is 0 Å². The molecule has 112 valence electrons. The van der Waals surface area contributed by atoms with E-state index in [9.17, 15) is 4.79 Å². The summed E-state index contributed by atoms with van der Waals surface area (Å²) in [5.74, 6) is 0.692. The molecule has 2 aromatic rings. The molecule has 1 unspecified atom stereocenters. The van der Waals surface area contributed by atoms with Crippen LogP contribution in [-0.4, -0.2) is 18.6 Å². The summed E-state index contributed by atoms with van der Waals surface area (Å²) < 4.78 is 5.51. The fourth-order valence-electron chi connectivity index (χ4n) is 1.99. The van der Waals surface area contributed by atoms with E-state index in [-0.39, 0.29) is 11.9 Å². The molecule has 0 bridgehead atoms. The Hall–Kier alpha value is -2.01. The van der Waals surface area contributed by atoms with Gasteiger partial charge in [0.1, 0.15) is 5.75 Å². The highest BCUT2D eigenvalue weighted by Gasteiger charge is 2.09. The van der Waals surface area contributed by atoms with Crippen molar-refractivity contribution in [2.24, 2.45) is 0 Å². The second-order valence-corrected chi connectivity index (χ2v) is 5.96. The maximum atomic E-state index is 11.8. The van der Waals surface area contributed by atoms with Gasteiger partial charge in [-0.05, 0) is 30.5 Å². The number of nitrogens with two attached hydrogens (primary N) is 1. The summed E-state index contributed by atoms with van der Waals surface area (Å²) in [4.78, 5) is 13.1. The van der Waals surface area contributed by atoms with Gasteiger partial charge in [0.15, 0.2) is 0 Å². The van der Waals surface area contributed by atoms with Crippen LogP contribution in [0.5, 0.6) is 5.75 Å². The molecule has 2 rings (SSSR count). The average Bonchev–Trinajstić information content (AvgIpc) is 2.91. The summed E-state index contributed by atoms with van der Waals surface area (Å²) in [6.45, 7) is 2.36. The van der Waals surface area contributed by atoms with E-state index in [4.69, 9.17) is 10.5 Å². The number of rotatable bonds is 7. The predicted molar refractivity (Wildman–Crippen MR) is 86.6 cm³/mol. The number of carbonyl (C=O) groups is 1. The summed E-state index contributed by atoms with van der Waals surface area (Å²) in [5.41, 5.74) is 6.32. The summed E-state index contributed by atoms with van der Waals surface area (Å²) in [7, 11) is 0. The smallest absolute Gasteiger partial charge is 0.223 e. The molecule has 0 aliphatic heterocycles. The standard InChI is InChI=1S/C16H20N2O2S/c1-12(10-15-6-3-9-21-15)18-16(19)7-8-20-14-5-2-4-13(17)11-14/h2-6,9,11-12H,7-8,10,17H2,1H3,(H,18,19). The molecule has 1 aromatic heterocycles. The van der Waals surface area contributed by atoms with Crippen LogP contribution in [0, 0.1) is 0 Å². The fraction of sp³-hybridized carbons (Fsp3) is 0.312. The zero-order valence-electron chi connectivity index (χ0n) is 12.0. The molecule has 0 spiro atoms. The van der Waals surface area contributed by atoms with Crippen LogP contribution < -0.4 is 15.8 Å². The van der Waals surface area contributed by atoms with Crippen LogP contribution in [0.4, 0.5) is 5.69 Å². The number of ether oxygens (including phenoxy) is 1. The van der Waals surface area contributed by atoms with Crippen molar-refractivity contribution in [1.29, 1.82) is 0 Å². The number of carbonyl (C=O) groups excluding carboxylic acids is 1. The van der Waals surface area contributed by atoms with Crippen molar-refractivity contribution in [1.82, 2.24) is 5.32 Å². The maximum Gasteiger partial charge on any atom is 0.223 e. The normalized spacial score (nSPS) is 11.9. The van der Waals surface area contributed by atoms with Crippen LogP contribution in [0.2, 0.25) is 0 Å². The lowest BCUT2D eigenvalue weighted by Gasteiger charge is -2.13. The topological polar surface area (TPSA) is 64.3 Å². The highest BCUT2D eigenvalue weighted by atomic mass is 32.1. The van der Waals surface area contributed by atoms with Crippen molar-refractivity contribution in [2.75, 3.05) is 12.3 Å². The van der Waals surface area contributed by atoms with Crippen molar-refractivity contribution in [3.05, 3.63) is 46.7 Å². The Morgan fingerprint density at radius 3 is 2.95 bits per heavy atom. The van der Waals surface area contributed by atoms with Gasteiger partial charge in [0.2, 0.25) is 5.91 Å². The third-order valence-corrected chi connectivity index (χ3v) is 3.85. The van der Waals surface area contributed by atoms with E-state index < -0.39 is 0 Å². The lowest BCUT2D eigenvalue weighted by atomic mass is 10.2. The summed E-state index contributed by atoms with van der Waals surface area (Å²) in [5, 5.41) is 5.02. The van der Waals surface area contributed by atoms with E-state index >= 15 is 0 Å². The number of nitrogens with one attached hydrogen (secondary N) is 1. The Morgan fingerprint density at radius 1 is 1.38 bits per heavy atom. The van der Waals surface area contributed by atoms with Crippen LogP contribution in [0.3, 0.4) is 0 Å². The van der Waals surface area contributed by atoms with Crippen LogP contribution in [-0.2, 0) is 11.2 Å². The first-order valence-corrected chi connectivity index (χ1v) is 7.81. The molecule has 0 radical (unpaired) electrons. The first-order chi connectivity index (χ1) is 10.1. The van der Waals surface area contributed by atoms with Crippen molar-refractivity contribution in [3.8, 4) is 5.75 Å². The lowest BCUT2D eigenvalue weighted by molar-refractivity contribution is -0.122. The molecule has 0 saturated heterocycles. The minimum absolute atomic E-state index is 0.00274. The summed E-state index contributed by atoms with van der Waals surface area (Å²) >= 11 is 1.71. The molecule has 5 heteroatoms. The van der Waals surface area contributed by atoms with Gasteiger partial charge in [-0.15, -0.1) is 11.3 Å². The van der Waals surface area contributed by atoms with E-state index in [1.54, 1.807) is 23.5 Å². The number of benzene rings is 1. The lowest BCUT2D eigenvalue weighted by Crippen LogP contribution is -2.34. The van der Waals surface area contributed by atoms with Gasteiger partial charge < -0.3 is 15.8 Å². The number of nitrogen functional groups attached to an aromatic ring is 1. The molecule has 4 nitrogen and oxygen atoms in total. The molecule has 1 heterocycles. The van der Waals surface area contributed by atoms with Gasteiger partial charge in [0, 0.05) is 29.1 Å². The molecule has 21 heavy (non-hydrogen) atoms. The predicted octanol–water partition coefficient (Wildman–Crippen LogP) is 2.85. The van der Waals surface area contributed by atoms with E-state index in [1.165, 1.54) is 4.88 Å². The van der Waals surface area contributed by atoms with Crippen molar-refractivity contribution >= 4 is 22.9 Å². The number of amides is 1. The van der Waals surface area contributed by atoms with Gasteiger partial charge in [0.05, 0.1) is 13.0 Å². The second kappa shape index (κ2) is 7.69. The van der Waals surface area contributed by atoms with Gasteiger partial charge in [-0.25, -0.2) is 0 Å². The molecule has 0 aliphatic carbocycles. The van der Waals surface area contributed by atoms with E-state index in [2.05, 4.69) is 11.4 Å².